The maximum absolute atomic E-state index is 6.16. The lowest BCUT2D eigenvalue weighted by Gasteiger charge is -2.31. The quantitative estimate of drug-likeness (QED) is 0.912. The minimum Gasteiger partial charge on any atom is -0.317 e. The lowest BCUT2D eigenvalue weighted by Crippen LogP contribution is -2.40. The Morgan fingerprint density at radius 1 is 1.29 bits per heavy atom. The van der Waals surface area contributed by atoms with E-state index in [2.05, 4.69) is 22.3 Å². The predicted molar refractivity (Wildman–Crippen MR) is 76.1 cm³/mol. The molecule has 1 saturated heterocycles. The molecule has 0 radical (unpaired) electrons. The van der Waals surface area contributed by atoms with Crippen LogP contribution in [0.3, 0.4) is 0 Å². The highest BCUT2D eigenvalue weighted by atomic mass is 35.5. The monoisotopic (exact) mass is 274 g/mol. The molecule has 1 aliphatic heterocycles. The van der Waals surface area contributed by atoms with Crippen molar-refractivity contribution in [3.05, 3.63) is 34.9 Å². The summed E-state index contributed by atoms with van der Waals surface area (Å²) in [5.41, 5.74) is 1.24. The predicted octanol–water partition coefficient (Wildman–Crippen LogP) is 2.95. The van der Waals surface area contributed by atoms with E-state index in [0.717, 1.165) is 24.7 Å². The summed E-state index contributed by atoms with van der Waals surface area (Å²) in [4.78, 5) is 2.48. The first-order valence-corrected chi connectivity index (χ1v) is 6.30. The van der Waals surface area contributed by atoms with E-state index in [1.54, 1.807) is 0 Å². The molecule has 0 saturated carbocycles. The molecule has 0 bridgehead atoms. The minimum atomic E-state index is 0. The van der Waals surface area contributed by atoms with Gasteiger partial charge in [-0.1, -0.05) is 29.8 Å². The SMILES string of the molecule is CNC1CCN(Cc2ccccc2Cl)CC1.Cl. The zero-order valence-electron chi connectivity index (χ0n) is 10.2. The number of halogens is 2. The Hall–Kier alpha value is -0.280. The molecule has 0 spiro atoms. The van der Waals surface area contributed by atoms with Crippen LogP contribution in [-0.4, -0.2) is 31.1 Å². The second-order valence-corrected chi connectivity index (χ2v) is 4.84. The summed E-state index contributed by atoms with van der Waals surface area (Å²) in [6.45, 7) is 3.31. The van der Waals surface area contributed by atoms with E-state index >= 15 is 0 Å². The molecular formula is C13H20Cl2N2. The van der Waals surface area contributed by atoms with Gasteiger partial charge in [-0.3, -0.25) is 4.90 Å². The van der Waals surface area contributed by atoms with Gasteiger partial charge in [0.2, 0.25) is 0 Å². The molecule has 2 rings (SSSR count). The largest absolute Gasteiger partial charge is 0.317 e. The van der Waals surface area contributed by atoms with E-state index in [4.69, 9.17) is 11.6 Å². The van der Waals surface area contributed by atoms with Crippen LogP contribution in [0.1, 0.15) is 18.4 Å². The first-order chi connectivity index (χ1) is 7.79. The summed E-state index contributed by atoms with van der Waals surface area (Å²) < 4.78 is 0. The fourth-order valence-electron chi connectivity index (χ4n) is 2.25. The van der Waals surface area contributed by atoms with Gasteiger partial charge in [-0.25, -0.2) is 0 Å². The van der Waals surface area contributed by atoms with Crippen molar-refractivity contribution in [1.29, 1.82) is 0 Å². The van der Waals surface area contributed by atoms with Crippen molar-refractivity contribution in [2.24, 2.45) is 0 Å². The van der Waals surface area contributed by atoms with E-state index < -0.39 is 0 Å². The van der Waals surface area contributed by atoms with Gasteiger partial charge in [0.05, 0.1) is 0 Å². The molecule has 1 aromatic carbocycles. The summed E-state index contributed by atoms with van der Waals surface area (Å²) >= 11 is 6.16. The van der Waals surface area contributed by atoms with Gasteiger partial charge in [0, 0.05) is 17.6 Å². The highest BCUT2D eigenvalue weighted by Gasteiger charge is 2.17. The second-order valence-electron chi connectivity index (χ2n) is 4.43. The van der Waals surface area contributed by atoms with E-state index in [0.29, 0.717) is 6.04 Å². The summed E-state index contributed by atoms with van der Waals surface area (Å²) in [6, 6.07) is 8.83. The number of nitrogens with one attached hydrogen (secondary N) is 1. The van der Waals surface area contributed by atoms with Crippen LogP contribution in [0, 0.1) is 0 Å². The highest BCUT2D eigenvalue weighted by Crippen LogP contribution is 2.19. The first kappa shape index (κ1) is 14.8. The van der Waals surface area contributed by atoms with Crippen molar-refractivity contribution in [2.75, 3.05) is 20.1 Å². The standard InChI is InChI=1S/C13H19ClN2.ClH/c1-15-12-6-8-16(9-7-12)10-11-4-2-3-5-13(11)14;/h2-5,12,15H,6-10H2,1H3;1H. The van der Waals surface area contributed by atoms with E-state index in [1.807, 2.05) is 19.2 Å². The Labute approximate surface area is 115 Å². The Kier molecular flexibility index (Phi) is 6.28. The third kappa shape index (κ3) is 4.14. The van der Waals surface area contributed by atoms with Gasteiger partial charge < -0.3 is 5.32 Å². The van der Waals surface area contributed by atoms with Crippen LogP contribution < -0.4 is 5.32 Å². The molecule has 1 N–H and O–H groups in total. The fourth-order valence-corrected chi connectivity index (χ4v) is 2.44. The number of hydrogen-bond acceptors (Lipinski definition) is 2. The van der Waals surface area contributed by atoms with E-state index in [-0.39, 0.29) is 12.4 Å². The Balaban J connectivity index is 0.00000144. The molecule has 1 aliphatic rings. The van der Waals surface area contributed by atoms with Gasteiger partial charge in [0.1, 0.15) is 0 Å². The second kappa shape index (κ2) is 7.22. The molecule has 0 amide bonds. The maximum atomic E-state index is 6.16. The summed E-state index contributed by atoms with van der Waals surface area (Å²) in [5.74, 6) is 0. The van der Waals surface area contributed by atoms with Crippen LogP contribution >= 0.6 is 24.0 Å². The van der Waals surface area contributed by atoms with Crippen molar-refractivity contribution in [2.45, 2.75) is 25.4 Å². The molecule has 1 heterocycles. The number of rotatable bonds is 3. The van der Waals surface area contributed by atoms with Gasteiger partial charge in [-0.05, 0) is 44.6 Å². The van der Waals surface area contributed by atoms with Crippen LogP contribution in [0.25, 0.3) is 0 Å². The maximum Gasteiger partial charge on any atom is 0.0451 e. The normalized spacial score (nSPS) is 17.8. The lowest BCUT2D eigenvalue weighted by molar-refractivity contribution is 0.194. The van der Waals surface area contributed by atoms with Crippen LogP contribution in [0.4, 0.5) is 0 Å². The summed E-state index contributed by atoms with van der Waals surface area (Å²) in [5, 5.41) is 4.23. The molecule has 0 aliphatic carbocycles. The molecule has 0 atom stereocenters. The van der Waals surface area contributed by atoms with Gasteiger partial charge in [0.25, 0.3) is 0 Å². The van der Waals surface area contributed by atoms with Crippen LogP contribution in [0.15, 0.2) is 24.3 Å². The molecule has 1 fully saturated rings. The lowest BCUT2D eigenvalue weighted by atomic mass is 10.0. The van der Waals surface area contributed by atoms with Gasteiger partial charge >= 0.3 is 0 Å². The van der Waals surface area contributed by atoms with Crippen molar-refractivity contribution >= 4 is 24.0 Å². The highest BCUT2D eigenvalue weighted by molar-refractivity contribution is 6.31. The van der Waals surface area contributed by atoms with Crippen LogP contribution in [0.5, 0.6) is 0 Å². The number of piperidine rings is 1. The van der Waals surface area contributed by atoms with Crippen molar-refractivity contribution in [3.8, 4) is 0 Å². The molecule has 4 heteroatoms. The van der Waals surface area contributed by atoms with Gasteiger partial charge in [-0.2, -0.15) is 0 Å². The third-order valence-corrected chi connectivity index (χ3v) is 3.72. The Bertz CT molecular complexity index is 336. The van der Waals surface area contributed by atoms with Crippen molar-refractivity contribution in [1.82, 2.24) is 10.2 Å². The average molecular weight is 275 g/mol. The fraction of sp³-hybridized carbons (Fsp3) is 0.538. The summed E-state index contributed by atoms with van der Waals surface area (Å²) in [6.07, 6.45) is 2.47. The first-order valence-electron chi connectivity index (χ1n) is 5.92. The van der Waals surface area contributed by atoms with Crippen LogP contribution in [-0.2, 0) is 6.54 Å². The topological polar surface area (TPSA) is 15.3 Å². The van der Waals surface area contributed by atoms with Crippen molar-refractivity contribution < 1.29 is 0 Å². The molecule has 2 nitrogen and oxygen atoms in total. The molecule has 0 unspecified atom stereocenters. The number of benzene rings is 1. The zero-order valence-corrected chi connectivity index (χ0v) is 11.7. The molecule has 0 aromatic heterocycles. The molecular weight excluding hydrogens is 255 g/mol. The summed E-state index contributed by atoms with van der Waals surface area (Å²) in [7, 11) is 2.05. The molecule has 17 heavy (non-hydrogen) atoms. The van der Waals surface area contributed by atoms with Gasteiger partial charge in [-0.15, -0.1) is 12.4 Å². The smallest absolute Gasteiger partial charge is 0.0451 e. The Morgan fingerprint density at radius 3 is 2.53 bits per heavy atom. The number of likely N-dealkylation sites (tertiary alicyclic amines) is 1. The van der Waals surface area contributed by atoms with Crippen LogP contribution in [0.2, 0.25) is 5.02 Å². The Morgan fingerprint density at radius 2 is 1.94 bits per heavy atom. The molecule has 1 aromatic rings. The molecule has 96 valence electrons. The minimum absolute atomic E-state index is 0. The number of nitrogens with zero attached hydrogens (tertiary/aromatic N) is 1. The average Bonchev–Trinajstić information content (AvgIpc) is 2.33. The van der Waals surface area contributed by atoms with Crippen molar-refractivity contribution in [3.63, 3.8) is 0 Å². The van der Waals surface area contributed by atoms with E-state index in [9.17, 15) is 0 Å². The number of hydrogen-bond donors (Lipinski definition) is 1. The van der Waals surface area contributed by atoms with E-state index in [1.165, 1.54) is 18.4 Å². The van der Waals surface area contributed by atoms with Gasteiger partial charge in [0.15, 0.2) is 0 Å². The third-order valence-electron chi connectivity index (χ3n) is 3.35. The zero-order chi connectivity index (χ0) is 11.4.